The number of hydrogen-bond acceptors (Lipinski definition) is 4. The summed E-state index contributed by atoms with van der Waals surface area (Å²) in [4.78, 5) is 28.6. The number of carbonyl (C=O) groups excluding carboxylic acids is 2. The third kappa shape index (κ3) is 7.47. The van der Waals surface area contributed by atoms with E-state index in [1.54, 1.807) is 43.3 Å². The van der Waals surface area contributed by atoms with Crippen LogP contribution in [0.25, 0.3) is 0 Å². The highest BCUT2D eigenvalue weighted by Gasteiger charge is 2.33. The molecule has 0 saturated heterocycles. The van der Waals surface area contributed by atoms with Gasteiger partial charge in [0.15, 0.2) is 0 Å². The van der Waals surface area contributed by atoms with Crippen LogP contribution in [-0.4, -0.2) is 43.8 Å². The fourth-order valence-electron chi connectivity index (χ4n) is 4.28. The summed E-state index contributed by atoms with van der Waals surface area (Å²) in [6.07, 6.45) is 0.588. The number of nitrogens with one attached hydrogen (secondary N) is 1. The van der Waals surface area contributed by atoms with Crippen LogP contribution >= 0.6 is 0 Å². The number of amides is 2. The molecule has 1 atom stereocenters. The van der Waals surface area contributed by atoms with Crippen LogP contribution in [0.1, 0.15) is 49.9 Å². The zero-order valence-electron chi connectivity index (χ0n) is 23.6. The molecular weight excluding hydrogens is 510 g/mol. The second-order valence-electron chi connectivity index (χ2n) is 10.2. The minimum Gasteiger partial charge on any atom is -0.352 e. The maximum Gasteiger partial charge on any atom is 0.264 e. The van der Waals surface area contributed by atoms with Crippen molar-refractivity contribution < 1.29 is 18.0 Å². The van der Waals surface area contributed by atoms with Crippen molar-refractivity contribution in [3.63, 3.8) is 0 Å². The standard InChI is InChI=1S/C31H39N3O4S/c1-7-27-10-8-9-11-29(27)34(39(37,38)28-18-14-24(5)15-19-28)21-30(35)33(25(6)31(36)32-22(2)3)20-26-16-12-23(4)13-17-26/h8-19,22,25H,7,20-21H2,1-6H3,(H,32,36). The lowest BCUT2D eigenvalue weighted by molar-refractivity contribution is -0.139. The van der Waals surface area contributed by atoms with Crippen molar-refractivity contribution in [1.29, 1.82) is 0 Å². The second kappa shape index (κ2) is 12.9. The molecule has 8 heteroatoms. The van der Waals surface area contributed by atoms with Crippen LogP contribution in [0.15, 0.2) is 77.7 Å². The van der Waals surface area contributed by atoms with Gasteiger partial charge in [-0.15, -0.1) is 0 Å². The molecule has 208 valence electrons. The van der Waals surface area contributed by atoms with Gasteiger partial charge in [-0.3, -0.25) is 13.9 Å². The van der Waals surface area contributed by atoms with Crippen LogP contribution in [0, 0.1) is 13.8 Å². The number of rotatable bonds is 11. The first-order valence-corrected chi connectivity index (χ1v) is 14.7. The number of aryl methyl sites for hydroxylation is 3. The monoisotopic (exact) mass is 549 g/mol. The Morgan fingerprint density at radius 1 is 0.846 bits per heavy atom. The first kappa shape index (κ1) is 29.9. The van der Waals surface area contributed by atoms with Crippen molar-refractivity contribution in [3.05, 3.63) is 95.1 Å². The van der Waals surface area contributed by atoms with E-state index < -0.39 is 28.5 Å². The Morgan fingerprint density at radius 3 is 1.97 bits per heavy atom. The molecule has 3 aromatic rings. The van der Waals surface area contributed by atoms with Crippen molar-refractivity contribution in [2.24, 2.45) is 0 Å². The van der Waals surface area contributed by atoms with Crippen molar-refractivity contribution in [2.75, 3.05) is 10.8 Å². The van der Waals surface area contributed by atoms with Gasteiger partial charge in [0.2, 0.25) is 11.8 Å². The van der Waals surface area contributed by atoms with Gasteiger partial charge in [0, 0.05) is 12.6 Å². The lowest BCUT2D eigenvalue weighted by Crippen LogP contribution is -2.52. The molecule has 0 bridgehead atoms. The molecule has 3 aromatic carbocycles. The Labute approximate surface area is 232 Å². The van der Waals surface area contributed by atoms with Crippen LogP contribution in [0.3, 0.4) is 0 Å². The normalized spacial score (nSPS) is 12.2. The summed E-state index contributed by atoms with van der Waals surface area (Å²) in [7, 11) is -4.09. The molecule has 0 spiro atoms. The summed E-state index contributed by atoms with van der Waals surface area (Å²) < 4.78 is 29.2. The molecule has 1 N–H and O–H groups in total. The Balaban J connectivity index is 2.06. The van der Waals surface area contributed by atoms with E-state index in [0.29, 0.717) is 12.1 Å². The predicted molar refractivity (Wildman–Crippen MR) is 156 cm³/mol. The Kier molecular flexibility index (Phi) is 9.92. The van der Waals surface area contributed by atoms with Crippen molar-refractivity contribution in [1.82, 2.24) is 10.2 Å². The van der Waals surface area contributed by atoms with Gasteiger partial charge in [-0.1, -0.05) is 72.6 Å². The minimum atomic E-state index is -4.09. The largest absolute Gasteiger partial charge is 0.352 e. The van der Waals surface area contributed by atoms with Gasteiger partial charge in [0.1, 0.15) is 12.6 Å². The third-order valence-electron chi connectivity index (χ3n) is 6.60. The van der Waals surface area contributed by atoms with Crippen LogP contribution in [0.4, 0.5) is 5.69 Å². The fourth-order valence-corrected chi connectivity index (χ4v) is 5.73. The molecule has 0 heterocycles. The number of nitrogens with zero attached hydrogens (tertiary/aromatic N) is 2. The lowest BCUT2D eigenvalue weighted by atomic mass is 10.1. The first-order chi connectivity index (χ1) is 18.4. The van der Waals surface area contributed by atoms with Crippen molar-refractivity contribution in [2.45, 2.75) is 71.5 Å². The molecule has 0 radical (unpaired) electrons. The summed E-state index contributed by atoms with van der Waals surface area (Å²) in [5, 5.41) is 2.87. The number of hydrogen-bond donors (Lipinski definition) is 1. The number of benzene rings is 3. The van der Waals surface area contributed by atoms with Gasteiger partial charge in [-0.2, -0.15) is 0 Å². The highest BCUT2D eigenvalue weighted by molar-refractivity contribution is 7.92. The van der Waals surface area contributed by atoms with E-state index in [2.05, 4.69) is 5.32 Å². The number of para-hydroxylation sites is 1. The Hall–Kier alpha value is -3.65. The highest BCUT2D eigenvalue weighted by Crippen LogP contribution is 2.28. The first-order valence-electron chi connectivity index (χ1n) is 13.3. The van der Waals surface area contributed by atoms with E-state index in [0.717, 1.165) is 22.3 Å². The van der Waals surface area contributed by atoms with E-state index in [-0.39, 0.29) is 23.4 Å². The van der Waals surface area contributed by atoms with Gasteiger partial charge in [-0.05, 0) is 70.4 Å². The van der Waals surface area contributed by atoms with E-state index in [1.807, 2.05) is 71.0 Å². The molecule has 0 fully saturated rings. The molecule has 39 heavy (non-hydrogen) atoms. The Bertz CT molecular complexity index is 1380. The number of carbonyl (C=O) groups is 2. The fraction of sp³-hybridized carbons (Fsp3) is 0.355. The van der Waals surface area contributed by atoms with Gasteiger partial charge in [0.25, 0.3) is 10.0 Å². The zero-order valence-corrected chi connectivity index (χ0v) is 24.5. The van der Waals surface area contributed by atoms with Gasteiger partial charge in [-0.25, -0.2) is 8.42 Å². The predicted octanol–water partition coefficient (Wildman–Crippen LogP) is 5.00. The summed E-state index contributed by atoms with van der Waals surface area (Å²) in [6.45, 7) is 10.9. The van der Waals surface area contributed by atoms with Gasteiger partial charge < -0.3 is 10.2 Å². The van der Waals surface area contributed by atoms with E-state index >= 15 is 0 Å². The molecule has 0 aromatic heterocycles. The SMILES string of the molecule is CCc1ccccc1N(CC(=O)N(Cc1ccc(C)cc1)C(C)C(=O)NC(C)C)S(=O)(=O)c1ccc(C)cc1. The average Bonchev–Trinajstić information content (AvgIpc) is 2.90. The van der Waals surface area contributed by atoms with Crippen LogP contribution in [-0.2, 0) is 32.6 Å². The minimum absolute atomic E-state index is 0.0995. The number of sulfonamides is 1. The smallest absolute Gasteiger partial charge is 0.264 e. The molecule has 0 aliphatic carbocycles. The summed E-state index contributed by atoms with van der Waals surface area (Å²) in [5.41, 5.74) is 4.11. The Morgan fingerprint density at radius 2 is 1.41 bits per heavy atom. The molecule has 0 aliphatic rings. The summed E-state index contributed by atoms with van der Waals surface area (Å²) in [5.74, 6) is -0.768. The molecule has 0 aliphatic heterocycles. The van der Waals surface area contributed by atoms with Crippen molar-refractivity contribution >= 4 is 27.5 Å². The second-order valence-corrected chi connectivity index (χ2v) is 12.0. The maximum absolute atomic E-state index is 14.0. The summed E-state index contributed by atoms with van der Waals surface area (Å²) >= 11 is 0. The van der Waals surface area contributed by atoms with E-state index in [9.17, 15) is 18.0 Å². The third-order valence-corrected chi connectivity index (χ3v) is 8.37. The average molecular weight is 550 g/mol. The molecular formula is C31H39N3O4S. The van der Waals surface area contributed by atoms with Crippen LogP contribution < -0.4 is 9.62 Å². The van der Waals surface area contributed by atoms with Crippen LogP contribution in [0.2, 0.25) is 0 Å². The molecule has 3 rings (SSSR count). The van der Waals surface area contributed by atoms with E-state index in [1.165, 1.54) is 9.21 Å². The van der Waals surface area contributed by atoms with Gasteiger partial charge >= 0.3 is 0 Å². The topological polar surface area (TPSA) is 86.8 Å². The van der Waals surface area contributed by atoms with Crippen molar-refractivity contribution in [3.8, 4) is 0 Å². The molecule has 1 unspecified atom stereocenters. The van der Waals surface area contributed by atoms with Gasteiger partial charge in [0.05, 0.1) is 10.6 Å². The molecule has 0 saturated carbocycles. The lowest BCUT2D eigenvalue weighted by Gasteiger charge is -2.33. The van der Waals surface area contributed by atoms with Crippen LogP contribution in [0.5, 0.6) is 0 Å². The molecule has 2 amide bonds. The number of anilines is 1. The quantitative estimate of drug-likeness (QED) is 0.365. The zero-order chi connectivity index (χ0) is 28.7. The highest BCUT2D eigenvalue weighted by atomic mass is 32.2. The summed E-state index contributed by atoms with van der Waals surface area (Å²) in [6, 6.07) is 20.6. The molecule has 7 nitrogen and oxygen atoms in total. The van der Waals surface area contributed by atoms with E-state index in [4.69, 9.17) is 0 Å². The maximum atomic E-state index is 14.0.